The van der Waals surface area contributed by atoms with Crippen LogP contribution in [0.2, 0.25) is 0 Å². The molecule has 1 aromatic carbocycles. The Balaban J connectivity index is 2.54. The van der Waals surface area contributed by atoms with Gasteiger partial charge < -0.3 is 5.73 Å². The second kappa shape index (κ2) is 3.64. The monoisotopic (exact) mass is 187 g/mol. The average Bonchev–Trinajstić information content (AvgIpc) is 2.66. The minimum absolute atomic E-state index is 0.514. The van der Waals surface area contributed by atoms with E-state index < -0.39 is 0 Å². The third-order valence-electron chi connectivity index (χ3n) is 2.35. The van der Waals surface area contributed by atoms with Gasteiger partial charge in [0.2, 0.25) is 0 Å². The van der Waals surface area contributed by atoms with Crippen molar-refractivity contribution in [3.05, 3.63) is 41.6 Å². The molecule has 0 saturated carbocycles. The Morgan fingerprint density at radius 3 is 2.86 bits per heavy atom. The van der Waals surface area contributed by atoms with E-state index >= 15 is 0 Å². The summed E-state index contributed by atoms with van der Waals surface area (Å²) in [5.41, 5.74) is 10.1. The van der Waals surface area contributed by atoms with Crippen LogP contribution in [0.25, 0.3) is 11.3 Å². The lowest BCUT2D eigenvalue weighted by atomic mass is 10.0. The molecule has 2 aromatic rings. The minimum Gasteiger partial charge on any atom is -0.326 e. The van der Waals surface area contributed by atoms with Crippen LogP contribution in [-0.2, 0) is 6.54 Å². The van der Waals surface area contributed by atoms with Crippen LogP contribution in [-0.4, -0.2) is 10.2 Å². The van der Waals surface area contributed by atoms with Gasteiger partial charge in [-0.15, -0.1) is 0 Å². The van der Waals surface area contributed by atoms with E-state index in [1.165, 1.54) is 11.1 Å². The molecule has 0 aliphatic rings. The van der Waals surface area contributed by atoms with Crippen LogP contribution in [0.1, 0.15) is 11.1 Å². The number of aryl methyl sites for hydroxylation is 1. The summed E-state index contributed by atoms with van der Waals surface area (Å²) in [6, 6.07) is 8.19. The molecule has 3 N–H and O–H groups in total. The second-order valence-corrected chi connectivity index (χ2v) is 3.29. The third kappa shape index (κ3) is 1.42. The van der Waals surface area contributed by atoms with Crippen molar-refractivity contribution in [2.24, 2.45) is 5.73 Å². The number of nitrogens with one attached hydrogen (secondary N) is 1. The number of aromatic nitrogens is 2. The number of aromatic amines is 1. The smallest absolute Gasteiger partial charge is 0.0697 e. The maximum absolute atomic E-state index is 5.62. The van der Waals surface area contributed by atoms with Crippen LogP contribution in [0.4, 0.5) is 0 Å². The van der Waals surface area contributed by atoms with E-state index in [-0.39, 0.29) is 0 Å². The first-order valence-corrected chi connectivity index (χ1v) is 4.61. The Kier molecular flexibility index (Phi) is 2.33. The SMILES string of the molecule is Cc1ccccc1-c1[nH]ncc1CN. The summed E-state index contributed by atoms with van der Waals surface area (Å²) in [6.07, 6.45) is 1.78. The molecule has 14 heavy (non-hydrogen) atoms. The van der Waals surface area contributed by atoms with Gasteiger partial charge in [0.05, 0.1) is 11.9 Å². The molecule has 1 aromatic heterocycles. The van der Waals surface area contributed by atoms with Gasteiger partial charge in [-0.3, -0.25) is 5.10 Å². The van der Waals surface area contributed by atoms with E-state index in [9.17, 15) is 0 Å². The van der Waals surface area contributed by atoms with Crippen molar-refractivity contribution in [1.82, 2.24) is 10.2 Å². The van der Waals surface area contributed by atoms with Crippen molar-refractivity contribution < 1.29 is 0 Å². The van der Waals surface area contributed by atoms with E-state index in [4.69, 9.17) is 5.73 Å². The Morgan fingerprint density at radius 1 is 1.36 bits per heavy atom. The number of hydrogen-bond acceptors (Lipinski definition) is 2. The number of benzene rings is 1. The molecule has 0 atom stereocenters. The van der Waals surface area contributed by atoms with Gasteiger partial charge in [-0.05, 0) is 12.5 Å². The summed E-state index contributed by atoms with van der Waals surface area (Å²) < 4.78 is 0. The van der Waals surface area contributed by atoms with Gasteiger partial charge in [-0.2, -0.15) is 5.10 Å². The topological polar surface area (TPSA) is 54.7 Å². The molecule has 1 heterocycles. The van der Waals surface area contributed by atoms with Crippen molar-refractivity contribution in [3.63, 3.8) is 0 Å². The van der Waals surface area contributed by atoms with Gasteiger partial charge in [0.15, 0.2) is 0 Å². The first-order chi connectivity index (χ1) is 6.83. The largest absolute Gasteiger partial charge is 0.326 e. The standard InChI is InChI=1S/C11H13N3/c1-8-4-2-3-5-10(8)11-9(6-12)7-13-14-11/h2-5,7H,6,12H2,1H3,(H,13,14). The number of rotatable bonds is 2. The zero-order valence-electron chi connectivity index (χ0n) is 8.12. The van der Waals surface area contributed by atoms with E-state index in [0.29, 0.717) is 6.54 Å². The highest BCUT2D eigenvalue weighted by Gasteiger charge is 2.07. The Labute approximate surface area is 83.0 Å². The molecule has 0 amide bonds. The van der Waals surface area contributed by atoms with Gasteiger partial charge in [-0.25, -0.2) is 0 Å². The maximum atomic E-state index is 5.62. The fourth-order valence-electron chi connectivity index (χ4n) is 1.55. The lowest BCUT2D eigenvalue weighted by molar-refractivity contribution is 1.08. The molecule has 0 radical (unpaired) electrons. The van der Waals surface area contributed by atoms with Crippen molar-refractivity contribution in [1.29, 1.82) is 0 Å². The third-order valence-corrected chi connectivity index (χ3v) is 2.35. The van der Waals surface area contributed by atoms with Gasteiger partial charge in [0.1, 0.15) is 0 Å². The molecule has 0 saturated heterocycles. The van der Waals surface area contributed by atoms with Crippen LogP contribution in [0, 0.1) is 6.92 Å². The molecule has 0 aliphatic heterocycles. The lowest BCUT2D eigenvalue weighted by Gasteiger charge is -2.04. The second-order valence-electron chi connectivity index (χ2n) is 3.29. The quantitative estimate of drug-likeness (QED) is 0.753. The molecular weight excluding hydrogens is 174 g/mol. The van der Waals surface area contributed by atoms with E-state index in [1.54, 1.807) is 6.20 Å². The van der Waals surface area contributed by atoms with Crippen LogP contribution in [0.3, 0.4) is 0 Å². The van der Waals surface area contributed by atoms with E-state index in [2.05, 4.69) is 29.3 Å². The molecule has 2 rings (SSSR count). The number of nitrogens with two attached hydrogens (primary N) is 1. The number of nitrogens with zero attached hydrogens (tertiary/aromatic N) is 1. The Bertz CT molecular complexity index is 432. The summed E-state index contributed by atoms with van der Waals surface area (Å²) in [7, 11) is 0. The van der Waals surface area contributed by atoms with E-state index in [1.807, 2.05) is 12.1 Å². The maximum Gasteiger partial charge on any atom is 0.0697 e. The predicted octanol–water partition coefficient (Wildman–Crippen LogP) is 1.84. The fourth-order valence-corrected chi connectivity index (χ4v) is 1.55. The lowest BCUT2D eigenvalue weighted by Crippen LogP contribution is -1.97. The van der Waals surface area contributed by atoms with Gasteiger partial charge in [0, 0.05) is 17.7 Å². The molecule has 0 fully saturated rings. The molecule has 0 unspecified atom stereocenters. The average molecular weight is 187 g/mol. The summed E-state index contributed by atoms with van der Waals surface area (Å²) in [4.78, 5) is 0. The number of hydrogen-bond donors (Lipinski definition) is 2. The van der Waals surface area contributed by atoms with Crippen molar-refractivity contribution in [2.75, 3.05) is 0 Å². The Hall–Kier alpha value is -1.61. The summed E-state index contributed by atoms with van der Waals surface area (Å²) in [6.45, 7) is 2.59. The van der Waals surface area contributed by atoms with E-state index in [0.717, 1.165) is 11.3 Å². The van der Waals surface area contributed by atoms with Crippen LogP contribution < -0.4 is 5.73 Å². The molecule has 3 nitrogen and oxygen atoms in total. The highest BCUT2D eigenvalue weighted by molar-refractivity contribution is 5.66. The highest BCUT2D eigenvalue weighted by Crippen LogP contribution is 2.23. The van der Waals surface area contributed by atoms with Crippen molar-refractivity contribution in [2.45, 2.75) is 13.5 Å². The minimum atomic E-state index is 0.514. The van der Waals surface area contributed by atoms with Gasteiger partial charge in [0.25, 0.3) is 0 Å². The van der Waals surface area contributed by atoms with Crippen LogP contribution >= 0.6 is 0 Å². The fraction of sp³-hybridized carbons (Fsp3) is 0.182. The first-order valence-electron chi connectivity index (χ1n) is 4.61. The normalized spacial score (nSPS) is 10.4. The van der Waals surface area contributed by atoms with Gasteiger partial charge >= 0.3 is 0 Å². The predicted molar refractivity (Wildman–Crippen MR) is 56.7 cm³/mol. The molecule has 0 spiro atoms. The molecule has 0 aliphatic carbocycles. The van der Waals surface area contributed by atoms with Gasteiger partial charge in [-0.1, -0.05) is 24.3 Å². The zero-order chi connectivity index (χ0) is 9.97. The van der Waals surface area contributed by atoms with Crippen LogP contribution in [0.15, 0.2) is 30.5 Å². The molecule has 0 bridgehead atoms. The molecule has 72 valence electrons. The molecular formula is C11H13N3. The first kappa shape index (κ1) is 8.97. The number of H-pyrrole nitrogens is 1. The molecule has 3 heteroatoms. The zero-order valence-corrected chi connectivity index (χ0v) is 8.12. The van der Waals surface area contributed by atoms with Crippen molar-refractivity contribution in [3.8, 4) is 11.3 Å². The van der Waals surface area contributed by atoms with Crippen molar-refractivity contribution >= 4 is 0 Å². The summed E-state index contributed by atoms with van der Waals surface area (Å²) in [5, 5.41) is 6.99. The summed E-state index contributed by atoms with van der Waals surface area (Å²) >= 11 is 0. The van der Waals surface area contributed by atoms with Crippen LogP contribution in [0.5, 0.6) is 0 Å². The highest BCUT2D eigenvalue weighted by atomic mass is 15.1. The Morgan fingerprint density at radius 2 is 2.14 bits per heavy atom. The summed E-state index contributed by atoms with van der Waals surface area (Å²) in [5.74, 6) is 0.